The highest BCUT2D eigenvalue weighted by Gasteiger charge is 1.95. The molecule has 0 aromatic rings. The number of ether oxygens (including phenoxy) is 1. The molecule has 0 spiro atoms. The van der Waals surface area contributed by atoms with Crippen molar-refractivity contribution in [3.05, 3.63) is 0 Å². The molecule has 0 fully saturated rings. The third-order valence-electron chi connectivity index (χ3n) is 0.727. The van der Waals surface area contributed by atoms with E-state index in [0.29, 0.717) is 11.7 Å². The van der Waals surface area contributed by atoms with E-state index >= 15 is 0 Å². The lowest BCUT2D eigenvalue weighted by atomic mass is 10.4. The SMILES string of the molecule is COC(=S)NCC(C)O.NC(O)=S. The van der Waals surface area contributed by atoms with Crippen LogP contribution >= 0.6 is 24.4 Å². The molecule has 78 valence electrons. The lowest BCUT2D eigenvalue weighted by Gasteiger charge is -2.06. The van der Waals surface area contributed by atoms with E-state index in [1.54, 1.807) is 6.92 Å². The maximum absolute atomic E-state index is 8.72. The Hall–Kier alpha value is -0.660. The minimum atomic E-state index is -0.500. The maximum atomic E-state index is 8.72. The summed E-state index contributed by atoms with van der Waals surface area (Å²) in [6, 6.07) is 0. The maximum Gasteiger partial charge on any atom is 0.256 e. The van der Waals surface area contributed by atoms with Gasteiger partial charge in [0.15, 0.2) is 0 Å². The largest absolute Gasteiger partial charge is 0.487 e. The van der Waals surface area contributed by atoms with Gasteiger partial charge < -0.3 is 26.0 Å². The van der Waals surface area contributed by atoms with Crippen molar-refractivity contribution in [1.29, 1.82) is 0 Å². The van der Waals surface area contributed by atoms with Gasteiger partial charge in [0.25, 0.3) is 10.3 Å². The number of nitrogens with one attached hydrogen (secondary N) is 1. The zero-order chi connectivity index (χ0) is 10.9. The van der Waals surface area contributed by atoms with Gasteiger partial charge in [-0.05, 0) is 31.4 Å². The van der Waals surface area contributed by atoms with Crippen molar-refractivity contribution in [2.24, 2.45) is 5.73 Å². The van der Waals surface area contributed by atoms with E-state index in [1.807, 2.05) is 0 Å². The Bertz CT molecular complexity index is 160. The van der Waals surface area contributed by atoms with Crippen molar-refractivity contribution in [3.8, 4) is 0 Å². The lowest BCUT2D eigenvalue weighted by molar-refractivity contribution is 0.195. The number of methoxy groups -OCH3 is 1. The number of hydrogen-bond acceptors (Lipinski definition) is 4. The Morgan fingerprint density at radius 2 is 2.00 bits per heavy atom. The zero-order valence-corrected chi connectivity index (χ0v) is 9.11. The second-order valence-corrected chi connectivity index (χ2v) is 2.85. The van der Waals surface area contributed by atoms with Crippen LogP contribution in [0.5, 0.6) is 0 Å². The summed E-state index contributed by atoms with van der Waals surface area (Å²) in [6.07, 6.45) is -0.391. The van der Waals surface area contributed by atoms with Gasteiger partial charge in [-0.2, -0.15) is 0 Å². The molecule has 0 aromatic carbocycles. The number of hydrogen-bond donors (Lipinski definition) is 4. The first-order valence-corrected chi connectivity index (χ1v) is 4.20. The molecule has 1 atom stereocenters. The summed E-state index contributed by atoms with van der Waals surface area (Å²) in [7, 11) is 1.48. The molecule has 5 nitrogen and oxygen atoms in total. The van der Waals surface area contributed by atoms with Gasteiger partial charge in [-0.15, -0.1) is 0 Å². The van der Waals surface area contributed by atoms with E-state index in [-0.39, 0.29) is 0 Å². The van der Waals surface area contributed by atoms with Crippen LogP contribution in [-0.2, 0) is 4.74 Å². The van der Waals surface area contributed by atoms with Crippen molar-refractivity contribution in [2.75, 3.05) is 13.7 Å². The first-order chi connectivity index (χ1) is 5.90. The molecule has 0 saturated carbocycles. The molecule has 0 rings (SSSR count). The van der Waals surface area contributed by atoms with E-state index < -0.39 is 11.3 Å². The second kappa shape index (κ2) is 9.43. The fourth-order valence-corrected chi connectivity index (χ4v) is 0.387. The summed E-state index contributed by atoms with van der Waals surface area (Å²) in [6.45, 7) is 2.11. The van der Waals surface area contributed by atoms with Crippen molar-refractivity contribution >= 4 is 34.8 Å². The zero-order valence-electron chi connectivity index (χ0n) is 7.48. The monoisotopic (exact) mass is 226 g/mol. The van der Waals surface area contributed by atoms with Crippen LogP contribution in [0.2, 0.25) is 0 Å². The van der Waals surface area contributed by atoms with Crippen LogP contribution in [0.4, 0.5) is 0 Å². The highest BCUT2D eigenvalue weighted by atomic mass is 32.1. The lowest BCUT2D eigenvalue weighted by Crippen LogP contribution is -2.29. The molecule has 5 N–H and O–H groups in total. The van der Waals surface area contributed by atoms with E-state index in [9.17, 15) is 0 Å². The summed E-state index contributed by atoms with van der Waals surface area (Å²) >= 11 is 8.50. The van der Waals surface area contributed by atoms with Crippen LogP contribution in [0, 0.1) is 0 Å². The summed E-state index contributed by atoms with van der Waals surface area (Å²) < 4.78 is 4.61. The number of aliphatic hydroxyl groups is 2. The van der Waals surface area contributed by atoms with Crippen LogP contribution in [0.1, 0.15) is 6.92 Å². The number of aliphatic hydroxyl groups excluding tert-OH is 2. The quantitative estimate of drug-likeness (QED) is 0.480. The third-order valence-corrected chi connectivity index (χ3v) is 1.04. The van der Waals surface area contributed by atoms with E-state index in [4.69, 9.17) is 10.2 Å². The average Bonchev–Trinajstić information content (AvgIpc) is 1.99. The molecule has 0 bridgehead atoms. The topological polar surface area (TPSA) is 87.7 Å². The van der Waals surface area contributed by atoms with Gasteiger partial charge in [0.2, 0.25) is 0 Å². The Balaban J connectivity index is 0. The fourth-order valence-electron chi connectivity index (χ4n) is 0.303. The second-order valence-electron chi connectivity index (χ2n) is 2.06. The van der Waals surface area contributed by atoms with Gasteiger partial charge in [-0.25, -0.2) is 0 Å². The normalized spacial score (nSPS) is 10.4. The molecule has 0 aliphatic carbocycles. The molecule has 1 unspecified atom stereocenters. The van der Waals surface area contributed by atoms with Crippen molar-refractivity contribution in [1.82, 2.24) is 5.32 Å². The summed E-state index contributed by atoms with van der Waals surface area (Å²) in [4.78, 5) is 0. The fraction of sp³-hybridized carbons (Fsp3) is 0.667. The summed E-state index contributed by atoms with van der Waals surface area (Å²) in [5.41, 5.74) is 4.40. The molecule has 0 heterocycles. The van der Waals surface area contributed by atoms with Gasteiger partial charge >= 0.3 is 0 Å². The number of thiocarbonyl (C=S) groups is 2. The predicted octanol–water partition coefficient (Wildman–Crippen LogP) is -0.324. The molecule has 0 amide bonds. The standard InChI is InChI=1S/C5H11NO2S.CH3NOS/c1-4(7)3-6-5(9)8-2;2-1(3)4/h4,7H,3H2,1-2H3,(H,6,9);(H3,2,3,4). The predicted molar refractivity (Wildman–Crippen MR) is 58.7 cm³/mol. The van der Waals surface area contributed by atoms with Crippen molar-refractivity contribution < 1.29 is 14.9 Å². The Kier molecular flexibility index (Phi) is 10.8. The molecule has 0 aliphatic heterocycles. The van der Waals surface area contributed by atoms with Gasteiger partial charge in [0.05, 0.1) is 13.2 Å². The molecular formula is C6H14N2O3S2. The summed E-state index contributed by atoms with van der Waals surface area (Å²) in [5, 5.41) is 18.8. The highest BCUT2D eigenvalue weighted by Crippen LogP contribution is 1.76. The average molecular weight is 226 g/mol. The van der Waals surface area contributed by atoms with Crippen molar-refractivity contribution in [3.63, 3.8) is 0 Å². The van der Waals surface area contributed by atoms with E-state index in [2.05, 4.69) is 40.2 Å². The number of rotatable bonds is 2. The van der Waals surface area contributed by atoms with Gasteiger partial charge in [0, 0.05) is 6.54 Å². The third kappa shape index (κ3) is 24.6. The van der Waals surface area contributed by atoms with Crippen LogP contribution in [-0.4, -0.2) is 40.3 Å². The Labute approximate surface area is 87.9 Å². The first kappa shape index (κ1) is 14.8. The van der Waals surface area contributed by atoms with Crippen molar-refractivity contribution in [2.45, 2.75) is 13.0 Å². The van der Waals surface area contributed by atoms with Crippen LogP contribution < -0.4 is 11.1 Å². The molecule has 0 aromatic heterocycles. The smallest absolute Gasteiger partial charge is 0.256 e. The van der Waals surface area contributed by atoms with Crippen LogP contribution in [0.15, 0.2) is 0 Å². The highest BCUT2D eigenvalue weighted by molar-refractivity contribution is 7.80. The van der Waals surface area contributed by atoms with Gasteiger partial charge in [-0.1, -0.05) is 0 Å². The minimum Gasteiger partial charge on any atom is -0.487 e. The van der Waals surface area contributed by atoms with Gasteiger partial charge in [0.1, 0.15) is 0 Å². The van der Waals surface area contributed by atoms with E-state index in [0.717, 1.165) is 0 Å². The van der Waals surface area contributed by atoms with Crippen LogP contribution in [0.25, 0.3) is 0 Å². The van der Waals surface area contributed by atoms with E-state index in [1.165, 1.54) is 7.11 Å². The first-order valence-electron chi connectivity index (χ1n) is 3.38. The molecule has 0 aliphatic rings. The number of nitrogens with two attached hydrogens (primary N) is 1. The molecule has 0 radical (unpaired) electrons. The molecule has 7 heteroatoms. The van der Waals surface area contributed by atoms with Gasteiger partial charge in [-0.3, -0.25) is 0 Å². The minimum absolute atomic E-state index is 0.316. The molecule has 13 heavy (non-hydrogen) atoms. The molecule has 0 saturated heterocycles. The van der Waals surface area contributed by atoms with Crippen LogP contribution in [0.3, 0.4) is 0 Å². The molecular weight excluding hydrogens is 212 g/mol. The summed E-state index contributed by atoms with van der Waals surface area (Å²) in [5.74, 6) is 0. The Morgan fingerprint density at radius 3 is 2.23 bits per heavy atom. The Morgan fingerprint density at radius 1 is 1.62 bits per heavy atom.